The Balaban J connectivity index is 2.69. The minimum atomic E-state index is -3.41. The van der Waals surface area contributed by atoms with Crippen molar-refractivity contribution in [2.45, 2.75) is 51.0 Å². The third-order valence-corrected chi connectivity index (χ3v) is 4.48. The highest BCUT2D eigenvalue weighted by Crippen LogP contribution is 2.23. The highest BCUT2D eigenvalue weighted by molar-refractivity contribution is 7.89. The normalized spacial score (nSPS) is 12.9. The molecule has 1 aromatic carbocycles. The molecule has 0 bridgehead atoms. The Morgan fingerprint density at radius 3 is 2.05 bits per heavy atom. The molecule has 0 aromatic heterocycles. The van der Waals surface area contributed by atoms with Crippen molar-refractivity contribution in [3.8, 4) is 0 Å². The fraction of sp³-hybridized carbons (Fsp3) is 0.600. The lowest BCUT2D eigenvalue weighted by molar-refractivity contribution is 0.559. The molecule has 0 spiro atoms. The SMILES string of the molecule is CC(C)NCCNS(=O)(=O)c1ccc(C(C)(C)C)cc1. The monoisotopic (exact) mass is 298 g/mol. The molecular weight excluding hydrogens is 272 g/mol. The molecule has 0 saturated heterocycles. The minimum Gasteiger partial charge on any atom is -0.313 e. The minimum absolute atomic E-state index is 0.0247. The van der Waals surface area contributed by atoms with Crippen LogP contribution in [0, 0.1) is 0 Å². The summed E-state index contributed by atoms with van der Waals surface area (Å²) in [6.07, 6.45) is 0. The van der Waals surface area contributed by atoms with Crippen LogP contribution in [0.25, 0.3) is 0 Å². The fourth-order valence-electron chi connectivity index (χ4n) is 1.76. The average Bonchev–Trinajstić information content (AvgIpc) is 2.34. The number of hydrogen-bond acceptors (Lipinski definition) is 3. The van der Waals surface area contributed by atoms with Gasteiger partial charge in [-0.2, -0.15) is 0 Å². The van der Waals surface area contributed by atoms with Gasteiger partial charge in [0.15, 0.2) is 0 Å². The number of hydrogen-bond donors (Lipinski definition) is 2. The van der Waals surface area contributed by atoms with Crippen LogP contribution >= 0.6 is 0 Å². The van der Waals surface area contributed by atoms with Gasteiger partial charge in [0, 0.05) is 19.1 Å². The van der Waals surface area contributed by atoms with Crippen molar-refractivity contribution in [2.75, 3.05) is 13.1 Å². The number of sulfonamides is 1. The first-order valence-corrected chi connectivity index (χ1v) is 8.45. The second kappa shape index (κ2) is 6.70. The van der Waals surface area contributed by atoms with E-state index in [1.165, 1.54) is 0 Å². The molecule has 0 heterocycles. The molecule has 1 rings (SSSR count). The predicted molar refractivity (Wildman–Crippen MR) is 83.5 cm³/mol. The summed E-state index contributed by atoms with van der Waals surface area (Å²) in [4.78, 5) is 0.315. The van der Waals surface area contributed by atoms with Gasteiger partial charge in [-0.3, -0.25) is 0 Å². The topological polar surface area (TPSA) is 58.2 Å². The third-order valence-electron chi connectivity index (χ3n) is 3.00. The lowest BCUT2D eigenvalue weighted by Crippen LogP contribution is -2.34. The molecule has 0 amide bonds. The number of nitrogens with one attached hydrogen (secondary N) is 2. The molecule has 20 heavy (non-hydrogen) atoms. The molecular formula is C15H26N2O2S. The second-order valence-corrected chi connectivity index (χ2v) is 8.05. The van der Waals surface area contributed by atoms with Gasteiger partial charge in [0.05, 0.1) is 4.90 Å². The molecule has 0 aliphatic carbocycles. The number of rotatable bonds is 6. The van der Waals surface area contributed by atoms with Crippen molar-refractivity contribution in [2.24, 2.45) is 0 Å². The van der Waals surface area contributed by atoms with E-state index in [1.807, 2.05) is 26.0 Å². The molecule has 5 heteroatoms. The molecule has 114 valence electrons. The van der Waals surface area contributed by atoms with Crippen LogP contribution in [0.4, 0.5) is 0 Å². The molecule has 1 aromatic rings. The van der Waals surface area contributed by atoms with E-state index in [4.69, 9.17) is 0 Å². The summed E-state index contributed by atoms with van der Waals surface area (Å²) in [6, 6.07) is 7.44. The Morgan fingerprint density at radius 2 is 1.60 bits per heavy atom. The van der Waals surface area contributed by atoms with Crippen LogP contribution in [0.3, 0.4) is 0 Å². The van der Waals surface area contributed by atoms with Gasteiger partial charge >= 0.3 is 0 Å². The zero-order chi connectivity index (χ0) is 15.4. The maximum atomic E-state index is 12.1. The molecule has 0 radical (unpaired) electrons. The van der Waals surface area contributed by atoms with Gasteiger partial charge in [0.25, 0.3) is 0 Å². The predicted octanol–water partition coefficient (Wildman–Crippen LogP) is 2.26. The van der Waals surface area contributed by atoms with Crippen molar-refractivity contribution < 1.29 is 8.42 Å². The number of benzene rings is 1. The maximum absolute atomic E-state index is 12.1. The van der Waals surface area contributed by atoms with E-state index < -0.39 is 10.0 Å². The molecule has 0 fully saturated rings. The highest BCUT2D eigenvalue weighted by Gasteiger charge is 2.17. The molecule has 2 N–H and O–H groups in total. The summed E-state index contributed by atoms with van der Waals surface area (Å²) in [6.45, 7) is 11.4. The molecule has 0 saturated carbocycles. The van der Waals surface area contributed by atoms with E-state index in [0.717, 1.165) is 5.56 Å². The van der Waals surface area contributed by atoms with Crippen LogP contribution in [0.5, 0.6) is 0 Å². The average molecular weight is 298 g/mol. The van der Waals surface area contributed by atoms with Crippen LogP contribution in [0.15, 0.2) is 29.2 Å². The second-order valence-electron chi connectivity index (χ2n) is 6.28. The molecule has 4 nitrogen and oxygen atoms in total. The van der Waals surface area contributed by atoms with Crippen molar-refractivity contribution in [1.82, 2.24) is 10.0 Å². The first-order chi connectivity index (χ1) is 9.13. The standard InChI is InChI=1S/C15H26N2O2S/c1-12(2)16-10-11-17-20(18,19)14-8-6-13(7-9-14)15(3,4)5/h6-9,12,16-17H,10-11H2,1-5H3. The largest absolute Gasteiger partial charge is 0.313 e. The Hall–Kier alpha value is -0.910. The van der Waals surface area contributed by atoms with Gasteiger partial charge in [-0.25, -0.2) is 13.1 Å². The van der Waals surface area contributed by atoms with Crippen molar-refractivity contribution in [1.29, 1.82) is 0 Å². The molecule has 0 aliphatic heterocycles. The molecule has 0 aliphatic rings. The lowest BCUT2D eigenvalue weighted by Gasteiger charge is -2.19. The zero-order valence-corrected chi connectivity index (χ0v) is 13.8. The third kappa shape index (κ3) is 5.23. The van der Waals surface area contributed by atoms with E-state index in [1.54, 1.807) is 12.1 Å². The summed E-state index contributed by atoms with van der Waals surface area (Å²) in [5.74, 6) is 0. The van der Waals surface area contributed by atoms with Gasteiger partial charge in [-0.15, -0.1) is 0 Å². The molecule has 0 unspecified atom stereocenters. The van der Waals surface area contributed by atoms with E-state index in [-0.39, 0.29) is 5.41 Å². The van der Waals surface area contributed by atoms with E-state index in [9.17, 15) is 8.42 Å². The van der Waals surface area contributed by atoms with Crippen LogP contribution in [0.2, 0.25) is 0 Å². The van der Waals surface area contributed by atoms with E-state index in [0.29, 0.717) is 24.0 Å². The summed E-state index contributed by atoms with van der Waals surface area (Å²) >= 11 is 0. The maximum Gasteiger partial charge on any atom is 0.240 e. The van der Waals surface area contributed by atoms with Crippen molar-refractivity contribution in [3.63, 3.8) is 0 Å². The van der Waals surface area contributed by atoms with Crippen molar-refractivity contribution >= 4 is 10.0 Å². The van der Waals surface area contributed by atoms with Gasteiger partial charge in [-0.1, -0.05) is 46.8 Å². The molecule has 0 atom stereocenters. The highest BCUT2D eigenvalue weighted by atomic mass is 32.2. The zero-order valence-electron chi connectivity index (χ0n) is 13.0. The van der Waals surface area contributed by atoms with Gasteiger partial charge < -0.3 is 5.32 Å². The van der Waals surface area contributed by atoms with Crippen LogP contribution < -0.4 is 10.0 Å². The smallest absolute Gasteiger partial charge is 0.240 e. The van der Waals surface area contributed by atoms with Gasteiger partial charge in [0.1, 0.15) is 0 Å². The first-order valence-electron chi connectivity index (χ1n) is 6.96. The lowest BCUT2D eigenvalue weighted by atomic mass is 9.87. The Labute approximate surface area is 123 Å². The summed E-state index contributed by atoms with van der Waals surface area (Å²) in [5, 5.41) is 3.17. The van der Waals surface area contributed by atoms with Crippen LogP contribution in [-0.4, -0.2) is 27.5 Å². The van der Waals surface area contributed by atoms with E-state index in [2.05, 4.69) is 30.8 Å². The summed E-state index contributed by atoms with van der Waals surface area (Å²) in [7, 11) is -3.41. The van der Waals surface area contributed by atoms with E-state index >= 15 is 0 Å². The first kappa shape index (κ1) is 17.1. The summed E-state index contributed by atoms with van der Waals surface area (Å²) in [5.41, 5.74) is 1.15. The summed E-state index contributed by atoms with van der Waals surface area (Å²) < 4.78 is 26.8. The van der Waals surface area contributed by atoms with Gasteiger partial charge in [-0.05, 0) is 23.1 Å². The van der Waals surface area contributed by atoms with Crippen LogP contribution in [-0.2, 0) is 15.4 Å². The fourth-order valence-corrected chi connectivity index (χ4v) is 2.80. The quantitative estimate of drug-likeness (QED) is 0.792. The van der Waals surface area contributed by atoms with Crippen LogP contribution in [0.1, 0.15) is 40.2 Å². The Morgan fingerprint density at radius 1 is 1.05 bits per heavy atom. The Bertz CT molecular complexity index is 514. The Kier molecular flexibility index (Phi) is 5.74. The van der Waals surface area contributed by atoms with Crippen molar-refractivity contribution in [3.05, 3.63) is 29.8 Å². The van der Waals surface area contributed by atoms with Gasteiger partial charge in [0.2, 0.25) is 10.0 Å².